The first-order valence-electron chi connectivity index (χ1n) is 4.17. The van der Waals surface area contributed by atoms with Gasteiger partial charge in [-0.3, -0.25) is 4.79 Å². The number of carbonyl (C=O) groups is 1. The molecule has 1 unspecified atom stereocenters. The van der Waals surface area contributed by atoms with Crippen molar-refractivity contribution in [3.05, 3.63) is 34.1 Å². The van der Waals surface area contributed by atoms with Crippen molar-refractivity contribution in [3.8, 4) is 0 Å². The predicted octanol–water partition coefficient (Wildman–Crippen LogP) is 3.17. The second kappa shape index (κ2) is 4.55. The maximum atomic E-state index is 12.9. The van der Waals surface area contributed by atoms with Gasteiger partial charge in [0.15, 0.2) is 0 Å². The highest BCUT2D eigenvalue weighted by atomic mass is 79.9. The van der Waals surface area contributed by atoms with E-state index in [0.29, 0.717) is 10.0 Å². The fourth-order valence-electron chi connectivity index (χ4n) is 1.24. The van der Waals surface area contributed by atoms with Gasteiger partial charge in [-0.15, -0.1) is 0 Å². The Hall–Kier alpha value is -0.900. The second-order valence-corrected chi connectivity index (χ2v) is 4.12. The minimum absolute atomic E-state index is 0.00981. The Morgan fingerprint density at radius 2 is 2.21 bits per heavy atom. The monoisotopic (exact) mass is 260 g/mol. The summed E-state index contributed by atoms with van der Waals surface area (Å²) in [7, 11) is 0. The van der Waals surface area contributed by atoms with Crippen molar-refractivity contribution in [1.82, 2.24) is 0 Å². The summed E-state index contributed by atoms with van der Waals surface area (Å²) in [6, 6.07) is 4.44. The molecule has 4 heteroatoms. The van der Waals surface area contributed by atoms with Crippen molar-refractivity contribution in [1.29, 1.82) is 0 Å². The minimum atomic E-state index is -0.877. The zero-order valence-corrected chi connectivity index (χ0v) is 9.21. The van der Waals surface area contributed by atoms with Crippen LogP contribution in [0.2, 0.25) is 0 Å². The van der Waals surface area contributed by atoms with Gasteiger partial charge in [-0.25, -0.2) is 4.39 Å². The third-order valence-corrected chi connectivity index (χ3v) is 2.39. The molecule has 0 heterocycles. The van der Waals surface area contributed by atoms with E-state index in [-0.39, 0.29) is 18.2 Å². The van der Waals surface area contributed by atoms with Gasteiger partial charge in [-0.05, 0) is 29.7 Å². The Kier molecular flexibility index (Phi) is 3.63. The predicted molar refractivity (Wildman–Crippen MR) is 54.8 cm³/mol. The molecule has 0 spiro atoms. The molecule has 1 atom stereocenters. The molecule has 0 aromatic heterocycles. The minimum Gasteiger partial charge on any atom is -0.481 e. The van der Waals surface area contributed by atoms with Crippen molar-refractivity contribution < 1.29 is 14.3 Å². The zero-order chi connectivity index (χ0) is 10.7. The summed E-state index contributed by atoms with van der Waals surface area (Å²) in [5, 5.41) is 8.58. The van der Waals surface area contributed by atoms with Gasteiger partial charge in [-0.2, -0.15) is 0 Å². The molecule has 0 aliphatic rings. The SMILES string of the molecule is CC(CC(=O)O)c1cc(F)cc(Br)c1. The average Bonchev–Trinajstić information content (AvgIpc) is 2.00. The van der Waals surface area contributed by atoms with Gasteiger partial charge in [0.25, 0.3) is 0 Å². The van der Waals surface area contributed by atoms with Gasteiger partial charge in [-0.1, -0.05) is 22.9 Å². The fraction of sp³-hybridized carbons (Fsp3) is 0.300. The topological polar surface area (TPSA) is 37.3 Å². The van der Waals surface area contributed by atoms with E-state index in [1.807, 2.05) is 0 Å². The summed E-state index contributed by atoms with van der Waals surface area (Å²) >= 11 is 3.16. The van der Waals surface area contributed by atoms with Crippen molar-refractivity contribution in [2.24, 2.45) is 0 Å². The van der Waals surface area contributed by atoms with Crippen LogP contribution in [0, 0.1) is 5.82 Å². The van der Waals surface area contributed by atoms with E-state index in [9.17, 15) is 9.18 Å². The van der Waals surface area contributed by atoms with Crippen molar-refractivity contribution in [2.45, 2.75) is 19.3 Å². The molecule has 14 heavy (non-hydrogen) atoms. The summed E-state index contributed by atoms with van der Waals surface area (Å²) in [5.41, 5.74) is 0.694. The highest BCUT2D eigenvalue weighted by Crippen LogP contribution is 2.23. The van der Waals surface area contributed by atoms with Gasteiger partial charge in [0.05, 0.1) is 6.42 Å². The molecule has 0 saturated heterocycles. The van der Waals surface area contributed by atoms with Crippen LogP contribution in [0.3, 0.4) is 0 Å². The lowest BCUT2D eigenvalue weighted by Gasteiger charge is -2.09. The molecule has 0 saturated carbocycles. The lowest BCUT2D eigenvalue weighted by molar-refractivity contribution is -0.137. The van der Waals surface area contributed by atoms with E-state index in [4.69, 9.17) is 5.11 Å². The maximum Gasteiger partial charge on any atom is 0.303 e. The molecular weight excluding hydrogens is 251 g/mol. The summed E-state index contributed by atoms with van der Waals surface area (Å²) in [5.74, 6) is -1.41. The number of aliphatic carboxylic acids is 1. The first-order chi connectivity index (χ1) is 6.49. The standard InChI is InChI=1S/C10H10BrFO2/c1-6(2-10(13)14)7-3-8(11)5-9(12)4-7/h3-6H,2H2,1H3,(H,13,14). The molecule has 0 fully saturated rings. The van der Waals surface area contributed by atoms with Gasteiger partial charge in [0.2, 0.25) is 0 Å². The van der Waals surface area contributed by atoms with E-state index in [1.165, 1.54) is 12.1 Å². The van der Waals surface area contributed by atoms with E-state index >= 15 is 0 Å². The summed E-state index contributed by atoms with van der Waals surface area (Å²) in [6.07, 6.45) is 0.00981. The van der Waals surface area contributed by atoms with Crippen molar-refractivity contribution in [3.63, 3.8) is 0 Å². The number of hydrogen-bond donors (Lipinski definition) is 1. The molecule has 0 radical (unpaired) electrons. The number of hydrogen-bond acceptors (Lipinski definition) is 1. The molecule has 0 bridgehead atoms. The normalized spacial score (nSPS) is 12.5. The smallest absolute Gasteiger partial charge is 0.303 e. The Balaban J connectivity index is 2.89. The highest BCUT2D eigenvalue weighted by Gasteiger charge is 2.11. The van der Waals surface area contributed by atoms with Crippen LogP contribution in [0.5, 0.6) is 0 Å². The first-order valence-corrected chi connectivity index (χ1v) is 4.96. The number of carboxylic acid groups (broad SMARTS) is 1. The molecule has 1 aromatic carbocycles. The quantitative estimate of drug-likeness (QED) is 0.907. The lowest BCUT2D eigenvalue weighted by Crippen LogP contribution is -2.03. The molecule has 0 aliphatic carbocycles. The van der Waals surface area contributed by atoms with E-state index < -0.39 is 5.97 Å². The van der Waals surface area contributed by atoms with Crippen LogP contribution in [-0.2, 0) is 4.79 Å². The van der Waals surface area contributed by atoms with Crippen LogP contribution in [0.25, 0.3) is 0 Å². The largest absolute Gasteiger partial charge is 0.481 e. The molecule has 0 aliphatic heterocycles. The number of halogens is 2. The molecule has 2 nitrogen and oxygen atoms in total. The summed E-state index contributed by atoms with van der Waals surface area (Å²) in [6.45, 7) is 1.76. The number of carboxylic acids is 1. The van der Waals surface area contributed by atoms with Crippen LogP contribution in [-0.4, -0.2) is 11.1 Å². The maximum absolute atomic E-state index is 12.9. The third kappa shape index (κ3) is 3.10. The first kappa shape index (κ1) is 11.2. The Bertz CT molecular complexity index is 332. The number of benzene rings is 1. The highest BCUT2D eigenvalue weighted by molar-refractivity contribution is 9.10. The van der Waals surface area contributed by atoms with E-state index in [1.54, 1.807) is 13.0 Å². The van der Waals surface area contributed by atoms with Crippen LogP contribution >= 0.6 is 15.9 Å². The Morgan fingerprint density at radius 3 is 2.71 bits per heavy atom. The molecule has 1 rings (SSSR count). The molecule has 1 aromatic rings. The van der Waals surface area contributed by atoms with E-state index in [0.717, 1.165) is 0 Å². The Labute approximate surface area is 89.9 Å². The van der Waals surface area contributed by atoms with Gasteiger partial charge < -0.3 is 5.11 Å². The van der Waals surface area contributed by atoms with Crippen LogP contribution in [0.15, 0.2) is 22.7 Å². The van der Waals surface area contributed by atoms with Gasteiger partial charge >= 0.3 is 5.97 Å². The Morgan fingerprint density at radius 1 is 1.57 bits per heavy atom. The van der Waals surface area contributed by atoms with Crippen molar-refractivity contribution in [2.75, 3.05) is 0 Å². The second-order valence-electron chi connectivity index (χ2n) is 3.20. The molecule has 0 amide bonds. The third-order valence-electron chi connectivity index (χ3n) is 1.93. The van der Waals surface area contributed by atoms with Gasteiger partial charge in [0, 0.05) is 4.47 Å². The lowest BCUT2D eigenvalue weighted by atomic mass is 9.98. The number of rotatable bonds is 3. The van der Waals surface area contributed by atoms with Gasteiger partial charge in [0.1, 0.15) is 5.82 Å². The van der Waals surface area contributed by atoms with Crippen LogP contribution in [0.1, 0.15) is 24.8 Å². The fourth-order valence-corrected chi connectivity index (χ4v) is 1.72. The summed E-state index contributed by atoms with van der Waals surface area (Å²) < 4.78 is 13.6. The molecule has 1 N–H and O–H groups in total. The summed E-state index contributed by atoms with van der Waals surface area (Å²) in [4.78, 5) is 10.4. The van der Waals surface area contributed by atoms with Crippen molar-refractivity contribution >= 4 is 21.9 Å². The zero-order valence-electron chi connectivity index (χ0n) is 7.63. The van der Waals surface area contributed by atoms with E-state index in [2.05, 4.69) is 15.9 Å². The van der Waals surface area contributed by atoms with Crippen LogP contribution in [0.4, 0.5) is 4.39 Å². The molecule has 76 valence electrons. The average molecular weight is 261 g/mol. The van der Waals surface area contributed by atoms with Crippen LogP contribution < -0.4 is 0 Å². The molecular formula is C10H10BrFO2.